The molecule has 0 bridgehead atoms. The molecular weight excluding hydrogens is 220 g/mol. The van der Waals surface area contributed by atoms with Gasteiger partial charge in [0.2, 0.25) is 0 Å². The van der Waals surface area contributed by atoms with Gasteiger partial charge in [-0.05, 0) is 23.6 Å². The number of fused-ring (bicyclic) bond motifs is 1. The SMILES string of the molecule is Nc1cccn2c(Cc3cccs3)nnc12. The van der Waals surface area contributed by atoms with E-state index < -0.39 is 0 Å². The maximum atomic E-state index is 5.82. The lowest BCUT2D eigenvalue weighted by Gasteiger charge is -1.99. The van der Waals surface area contributed by atoms with Gasteiger partial charge in [0.25, 0.3) is 0 Å². The molecular formula is C11H10N4S. The molecule has 0 aliphatic heterocycles. The van der Waals surface area contributed by atoms with E-state index in [0.29, 0.717) is 5.69 Å². The molecule has 2 N–H and O–H groups in total. The fourth-order valence-electron chi connectivity index (χ4n) is 1.67. The highest BCUT2D eigenvalue weighted by Gasteiger charge is 2.08. The Balaban J connectivity index is 2.08. The van der Waals surface area contributed by atoms with Gasteiger partial charge in [-0.25, -0.2) is 0 Å². The molecule has 0 atom stereocenters. The van der Waals surface area contributed by atoms with Gasteiger partial charge in [0, 0.05) is 17.5 Å². The van der Waals surface area contributed by atoms with E-state index in [1.807, 2.05) is 28.8 Å². The van der Waals surface area contributed by atoms with Crippen LogP contribution in [0, 0.1) is 0 Å². The maximum Gasteiger partial charge on any atom is 0.183 e. The van der Waals surface area contributed by atoms with Crippen LogP contribution in [0.1, 0.15) is 10.7 Å². The lowest BCUT2D eigenvalue weighted by atomic mass is 10.3. The minimum absolute atomic E-state index is 0.660. The molecule has 80 valence electrons. The van der Waals surface area contributed by atoms with Crippen molar-refractivity contribution in [1.82, 2.24) is 14.6 Å². The third kappa shape index (κ3) is 1.45. The Morgan fingerprint density at radius 3 is 3.00 bits per heavy atom. The molecule has 3 aromatic rings. The first-order valence-electron chi connectivity index (χ1n) is 4.95. The first-order valence-corrected chi connectivity index (χ1v) is 5.83. The number of hydrogen-bond donors (Lipinski definition) is 1. The number of nitrogen functional groups attached to an aromatic ring is 1. The van der Waals surface area contributed by atoms with Crippen molar-refractivity contribution in [1.29, 1.82) is 0 Å². The maximum absolute atomic E-state index is 5.82. The summed E-state index contributed by atoms with van der Waals surface area (Å²) in [7, 11) is 0. The van der Waals surface area contributed by atoms with Gasteiger partial charge in [0.15, 0.2) is 5.65 Å². The van der Waals surface area contributed by atoms with Crippen molar-refractivity contribution in [2.75, 3.05) is 5.73 Å². The average molecular weight is 230 g/mol. The van der Waals surface area contributed by atoms with Crippen LogP contribution in [-0.2, 0) is 6.42 Å². The summed E-state index contributed by atoms with van der Waals surface area (Å²) in [6.45, 7) is 0. The second-order valence-electron chi connectivity index (χ2n) is 3.53. The molecule has 0 unspecified atom stereocenters. The summed E-state index contributed by atoms with van der Waals surface area (Å²) in [5, 5.41) is 10.3. The van der Waals surface area contributed by atoms with Gasteiger partial charge in [0.1, 0.15) is 5.82 Å². The fourth-order valence-corrected chi connectivity index (χ4v) is 2.38. The summed E-state index contributed by atoms with van der Waals surface area (Å²) in [4.78, 5) is 1.27. The molecule has 16 heavy (non-hydrogen) atoms. The number of thiophene rings is 1. The molecule has 0 fully saturated rings. The van der Waals surface area contributed by atoms with Gasteiger partial charge in [-0.2, -0.15) is 0 Å². The summed E-state index contributed by atoms with van der Waals surface area (Å²) in [5.41, 5.74) is 7.21. The van der Waals surface area contributed by atoms with Gasteiger partial charge < -0.3 is 5.73 Å². The Morgan fingerprint density at radius 2 is 2.19 bits per heavy atom. The zero-order chi connectivity index (χ0) is 11.0. The van der Waals surface area contributed by atoms with Crippen LogP contribution in [0.5, 0.6) is 0 Å². The summed E-state index contributed by atoms with van der Waals surface area (Å²) in [6.07, 6.45) is 2.73. The molecule has 3 rings (SSSR count). The lowest BCUT2D eigenvalue weighted by Crippen LogP contribution is -1.96. The Hall–Kier alpha value is -1.88. The van der Waals surface area contributed by atoms with Crippen LogP contribution in [0.25, 0.3) is 5.65 Å². The first-order chi connectivity index (χ1) is 7.84. The molecule has 0 spiro atoms. The summed E-state index contributed by atoms with van der Waals surface area (Å²) in [6, 6.07) is 7.87. The van der Waals surface area contributed by atoms with Gasteiger partial charge in [-0.1, -0.05) is 6.07 Å². The monoisotopic (exact) mass is 230 g/mol. The van der Waals surface area contributed by atoms with Crippen molar-refractivity contribution in [3.63, 3.8) is 0 Å². The van der Waals surface area contributed by atoms with Gasteiger partial charge in [-0.3, -0.25) is 4.40 Å². The number of hydrogen-bond acceptors (Lipinski definition) is 4. The van der Waals surface area contributed by atoms with Crippen LogP contribution in [-0.4, -0.2) is 14.6 Å². The predicted octanol–water partition coefficient (Wildman–Crippen LogP) is 1.96. The van der Waals surface area contributed by atoms with E-state index in [0.717, 1.165) is 17.9 Å². The summed E-state index contributed by atoms with van der Waals surface area (Å²) < 4.78 is 1.94. The van der Waals surface area contributed by atoms with Crippen molar-refractivity contribution in [3.05, 3.63) is 46.5 Å². The minimum Gasteiger partial charge on any atom is -0.396 e. The predicted molar refractivity (Wildman–Crippen MR) is 64.5 cm³/mol. The molecule has 5 heteroatoms. The van der Waals surface area contributed by atoms with Crippen LogP contribution in [0.2, 0.25) is 0 Å². The Labute approximate surface area is 96.4 Å². The van der Waals surface area contributed by atoms with E-state index in [2.05, 4.69) is 21.6 Å². The van der Waals surface area contributed by atoms with Crippen LogP contribution >= 0.6 is 11.3 Å². The fraction of sp³-hybridized carbons (Fsp3) is 0.0909. The number of aromatic nitrogens is 3. The highest BCUT2D eigenvalue weighted by atomic mass is 32.1. The molecule has 0 saturated heterocycles. The quantitative estimate of drug-likeness (QED) is 0.732. The van der Waals surface area contributed by atoms with Crippen LogP contribution in [0.15, 0.2) is 35.8 Å². The zero-order valence-electron chi connectivity index (χ0n) is 8.50. The third-order valence-corrected chi connectivity index (χ3v) is 3.32. The molecule has 3 aromatic heterocycles. The van der Waals surface area contributed by atoms with Crippen molar-refractivity contribution >= 4 is 22.7 Å². The standard InChI is InChI=1S/C11H10N4S/c12-9-4-1-5-15-10(13-14-11(9)15)7-8-3-2-6-16-8/h1-6H,7,12H2. The van der Waals surface area contributed by atoms with E-state index in [1.54, 1.807) is 11.3 Å². The van der Waals surface area contributed by atoms with Crippen molar-refractivity contribution < 1.29 is 0 Å². The number of rotatable bonds is 2. The van der Waals surface area contributed by atoms with Gasteiger partial charge in [-0.15, -0.1) is 21.5 Å². The van der Waals surface area contributed by atoms with Gasteiger partial charge >= 0.3 is 0 Å². The molecule has 0 aliphatic carbocycles. The largest absolute Gasteiger partial charge is 0.396 e. The van der Waals surface area contributed by atoms with Crippen molar-refractivity contribution in [2.45, 2.75) is 6.42 Å². The van der Waals surface area contributed by atoms with E-state index in [1.165, 1.54) is 4.88 Å². The van der Waals surface area contributed by atoms with Crippen molar-refractivity contribution in [3.8, 4) is 0 Å². The third-order valence-electron chi connectivity index (χ3n) is 2.45. The zero-order valence-corrected chi connectivity index (χ0v) is 9.31. The number of nitrogens with two attached hydrogens (primary N) is 1. The molecule has 0 aromatic carbocycles. The highest BCUT2D eigenvalue weighted by molar-refractivity contribution is 7.09. The first kappa shape index (κ1) is 9.35. The molecule has 0 aliphatic rings. The van der Waals surface area contributed by atoms with E-state index in [4.69, 9.17) is 5.73 Å². The molecule has 3 heterocycles. The van der Waals surface area contributed by atoms with Gasteiger partial charge in [0.05, 0.1) is 5.69 Å². The second kappa shape index (κ2) is 3.61. The van der Waals surface area contributed by atoms with E-state index >= 15 is 0 Å². The van der Waals surface area contributed by atoms with E-state index in [9.17, 15) is 0 Å². The van der Waals surface area contributed by atoms with Crippen molar-refractivity contribution in [2.24, 2.45) is 0 Å². The van der Waals surface area contributed by atoms with Crippen LogP contribution in [0.3, 0.4) is 0 Å². The number of pyridine rings is 1. The van der Waals surface area contributed by atoms with Crippen LogP contribution < -0.4 is 5.73 Å². The molecule has 0 amide bonds. The Bertz CT molecular complexity index is 612. The topological polar surface area (TPSA) is 56.2 Å². The van der Waals surface area contributed by atoms with Crippen LogP contribution in [0.4, 0.5) is 5.69 Å². The van der Waals surface area contributed by atoms with E-state index in [-0.39, 0.29) is 0 Å². The summed E-state index contributed by atoms with van der Waals surface area (Å²) in [5.74, 6) is 0.921. The highest BCUT2D eigenvalue weighted by Crippen LogP contribution is 2.16. The number of anilines is 1. The number of nitrogens with zero attached hydrogens (tertiary/aromatic N) is 3. The average Bonchev–Trinajstić information content (AvgIpc) is 2.90. The Kier molecular flexibility index (Phi) is 2.11. The normalized spacial score (nSPS) is 11.0. The molecule has 0 radical (unpaired) electrons. The molecule has 0 saturated carbocycles. The summed E-state index contributed by atoms with van der Waals surface area (Å²) >= 11 is 1.72. The smallest absolute Gasteiger partial charge is 0.183 e. The Morgan fingerprint density at radius 1 is 1.25 bits per heavy atom. The molecule has 4 nitrogen and oxygen atoms in total. The lowest BCUT2D eigenvalue weighted by molar-refractivity contribution is 0.945. The minimum atomic E-state index is 0.660. The second-order valence-corrected chi connectivity index (χ2v) is 4.56.